The van der Waals surface area contributed by atoms with Crippen LogP contribution in [0.25, 0.3) is 0 Å². The van der Waals surface area contributed by atoms with Crippen LogP contribution < -0.4 is 5.32 Å². The molecule has 6 unspecified atom stereocenters. The highest BCUT2D eigenvalue weighted by Gasteiger charge is 2.52. The maximum absolute atomic E-state index is 3.36. The molecule has 0 aromatic carbocycles. The summed E-state index contributed by atoms with van der Waals surface area (Å²) in [5, 5.41) is 3.36. The highest BCUT2D eigenvalue weighted by atomic mass is 14.8. The van der Waals surface area contributed by atoms with Gasteiger partial charge in [0.15, 0.2) is 0 Å². The average Bonchev–Trinajstić information content (AvgIpc) is 2.55. The topological polar surface area (TPSA) is 12.0 Å². The third kappa shape index (κ3) is 1.24. The van der Waals surface area contributed by atoms with Gasteiger partial charge in [0, 0.05) is 0 Å². The molecule has 1 nitrogen and oxygen atoms in total. The lowest BCUT2D eigenvalue weighted by Crippen LogP contribution is -2.36. The van der Waals surface area contributed by atoms with E-state index in [9.17, 15) is 0 Å². The SMILES string of the molecule is CNCC1C(C)C2CC1C(C)C2C. The summed E-state index contributed by atoms with van der Waals surface area (Å²) < 4.78 is 0. The quantitative estimate of drug-likeness (QED) is 0.689. The van der Waals surface area contributed by atoms with E-state index in [-0.39, 0.29) is 0 Å². The number of rotatable bonds is 2. The van der Waals surface area contributed by atoms with E-state index in [2.05, 4.69) is 33.1 Å². The zero-order chi connectivity index (χ0) is 9.59. The lowest BCUT2D eigenvalue weighted by Gasteiger charge is -2.36. The second-order valence-corrected chi connectivity index (χ2v) is 5.36. The Hall–Kier alpha value is -0.0400. The fraction of sp³-hybridized carbons (Fsp3) is 1.00. The van der Waals surface area contributed by atoms with Gasteiger partial charge in [-0.3, -0.25) is 0 Å². The van der Waals surface area contributed by atoms with Gasteiger partial charge in [0.05, 0.1) is 0 Å². The van der Waals surface area contributed by atoms with Crippen molar-refractivity contribution in [1.82, 2.24) is 5.32 Å². The molecular weight excluding hydrogens is 158 g/mol. The van der Waals surface area contributed by atoms with Crippen LogP contribution in [-0.2, 0) is 0 Å². The van der Waals surface area contributed by atoms with Crippen LogP contribution in [0.3, 0.4) is 0 Å². The summed E-state index contributed by atoms with van der Waals surface area (Å²) in [5.41, 5.74) is 0. The van der Waals surface area contributed by atoms with E-state index in [1.807, 2.05) is 0 Å². The highest BCUT2D eigenvalue weighted by molar-refractivity contribution is 5.01. The molecular formula is C12H23N. The number of fused-ring (bicyclic) bond motifs is 2. The molecule has 2 fully saturated rings. The molecule has 2 bridgehead atoms. The van der Waals surface area contributed by atoms with Gasteiger partial charge in [-0.25, -0.2) is 0 Å². The monoisotopic (exact) mass is 181 g/mol. The molecule has 0 saturated heterocycles. The summed E-state index contributed by atoms with van der Waals surface area (Å²) >= 11 is 0. The van der Waals surface area contributed by atoms with Crippen molar-refractivity contribution in [1.29, 1.82) is 0 Å². The van der Waals surface area contributed by atoms with Crippen LogP contribution in [0.5, 0.6) is 0 Å². The Balaban J connectivity index is 2.10. The van der Waals surface area contributed by atoms with Gasteiger partial charge < -0.3 is 5.32 Å². The molecule has 2 rings (SSSR count). The lowest BCUT2D eigenvalue weighted by molar-refractivity contribution is 0.128. The van der Waals surface area contributed by atoms with E-state index in [0.717, 1.165) is 35.5 Å². The zero-order valence-corrected chi connectivity index (χ0v) is 9.38. The maximum Gasteiger partial charge on any atom is -0.00181 e. The summed E-state index contributed by atoms with van der Waals surface area (Å²) in [6.07, 6.45) is 1.51. The third-order valence-corrected chi connectivity index (χ3v) is 5.06. The van der Waals surface area contributed by atoms with Gasteiger partial charge in [-0.2, -0.15) is 0 Å². The van der Waals surface area contributed by atoms with Gasteiger partial charge >= 0.3 is 0 Å². The van der Waals surface area contributed by atoms with Crippen LogP contribution >= 0.6 is 0 Å². The minimum Gasteiger partial charge on any atom is -0.319 e. The standard InChI is InChI=1S/C12H23N/c1-7-8(2)11-5-10(7)9(3)12(11)6-13-4/h7-13H,5-6H2,1-4H3. The fourth-order valence-electron chi connectivity index (χ4n) is 4.06. The minimum absolute atomic E-state index is 0.959. The van der Waals surface area contributed by atoms with Crippen molar-refractivity contribution in [2.24, 2.45) is 35.5 Å². The Morgan fingerprint density at radius 2 is 1.62 bits per heavy atom. The molecule has 0 spiro atoms. The molecule has 0 aromatic rings. The summed E-state index contributed by atoms with van der Waals surface area (Å²) in [6.45, 7) is 8.62. The molecule has 0 aliphatic heterocycles. The number of nitrogens with one attached hydrogen (secondary N) is 1. The first-order chi connectivity index (χ1) is 6.16. The Bertz CT molecular complexity index is 190. The van der Waals surface area contributed by atoms with Crippen LogP contribution in [0.15, 0.2) is 0 Å². The van der Waals surface area contributed by atoms with Crippen molar-refractivity contribution in [2.45, 2.75) is 27.2 Å². The summed E-state index contributed by atoms with van der Waals surface area (Å²) in [5.74, 6) is 5.92. The van der Waals surface area contributed by atoms with Crippen molar-refractivity contribution < 1.29 is 0 Å². The van der Waals surface area contributed by atoms with Crippen molar-refractivity contribution >= 4 is 0 Å². The predicted octanol–water partition coefficient (Wildman–Crippen LogP) is 2.38. The largest absolute Gasteiger partial charge is 0.319 e. The summed E-state index contributed by atoms with van der Waals surface area (Å²) in [7, 11) is 2.09. The van der Waals surface area contributed by atoms with Crippen LogP contribution in [0.1, 0.15) is 27.2 Å². The van der Waals surface area contributed by atoms with Gasteiger partial charge in [-0.05, 0) is 55.5 Å². The fourth-order valence-corrected chi connectivity index (χ4v) is 4.06. The van der Waals surface area contributed by atoms with E-state index < -0.39 is 0 Å². The van der Waals surface area contributed by atoms with Crippen LogP contribution in [0.4, 0.5) is 0 Å². The Morgan fingerprint density at radius 3 is 2.15 bits per heavy atom. The minimum atomic E-state index is 0.959. The second kappa shape index (κ2) is 3.27. The maximum atomic E-state index is 3.36. The Kier molecular flexibility index (Phi) is 2.39. The Morgan fingerprint density at radius 1 is 1.00 bits per heavy atom. The van der Waals surface area contributed by atoms with E-state index >= 15 is 0 Å². The van der Waals surface area contributed by atoms with Crippen LogP contribution in [0, 0.1) is 35.5 Å². The van der Waals surface area contributed by atoms with Crippen LogP contribution in [-0.4, -0.2) is 13.6 Å². The molecule has 6 atom stereocenters. The molecule has 2 saturated carbocycles. The van der Waals surface area contributed by atoms with E-state index in [1.165, 1.54) is 13.0 Å². The van der Waals surface area contributed by atoms with Gasteiger partial charge in [-0.15, -0.1) is 0 Å². The molecule has 0 amide bonds. The van der Waals surface area contributed by atoms with Crippen molar-refractivity contribution in [3.63, 3.8) is 0 Å². The first kappa shape index (κ1) is 9.51. The predicted molar refractivity (Wildman–Crippen MR) is 56.5 cm³/mol. The van der Waals surface area contributed by atoms with E-state index in [1.54, 1.807) is 0 Å². The first-order valence-electron chi connectivity index (χ1n) is 5.81. The van der Waals surface area contributed by atoms with Crippen molar-refractivity contribution in [3.8, 4) is 0 Å². The van der Waals surface area contributed by atoms with Crippen molar-refractivity contribution in [2.75, 3.05) is 13.6 Å². The Labute approximate surface area is 82.3 Å². The molecule has 0 radical (unpaired) electrons. The summed E-state index contributed by atoms with van der Waals surface area (Å²) in [4.78, 5) is 0. The molecule has 2 aliphatic rings. The van der Waals surface area contributed by atoms with Crippen LogP contribution in [0.2, 0.25) is 0 Å². The molecule has 1 N–H and O–H groups in total. The molecule has 0 aromatic heterocycles. The smallest absolute Gasteiger partial charge is 0.00181 e. The number of hydrogen-bond acceptors (Lipinski definition) is 1. The highest BCUT2D eigenvalue weighted by Crippen LogP contribution is 2.57. The zero-order valence-electron chi connectivity index (χ0n) is 9.38. The van der Waals surface area contributed by atoms with Gasteiger partial charge in [0.1, 0.15) is 0 Å². The first-order valence-corrected chi connectivity index (χ1v) is 5.81. The molecule has 76 valence electrons. The molecule has 2 aliphatic carbocycles. The molecule has 1 heteroatoms. The number of hydrogen-bond donors (Lipinski definition) is 1. The van der Waals surface area contributed by atoms with Gasteiger partial charge in [0.2, 0.25) is 0 Å². The molecule has 0 heterocycles. The average molecular weight is 181 g/mol. The lowest BCUT2D eigenvalue weighted by atomic mass is 9.70. The van der Waals surface area contributed by atoms with Gasteiger partial charge in [0.25, 0.3) is 0 Å². The third-order valence-electron chi connectivity index (χ3n) is 5.06. The van der Waals surface area contributed by atoms with Crippen molar-refractivity contribution in [3.05, 3.63) is 0 Å². The van der Waals surface area contributed by atoms with E-state index in [4.69, 9.17) is 0 Å². The summed E-state index contributed by atoms with van der Waals surface area (Å²) in [6, 6.07) is 0. The van der Waals surface area contributed by atoms with Gasteiger partial charge in [-0.1, -0.05) is 20.8 Å². The van der Waals surface area contributed by atoms with E-state index in [0.29, 0.717) is 0 Å². The normalized spacial score (nSPS) is 54.5. The second-order valence-electron chi connectivity index (χ2n) is 5.36. The molecule has 13 heavy (non-hydrogen) atoms.